The van der Waals surface area contributed by atoms with Gasteiger partial charge in [-0.25, -0.2) is 35.0 Å². The number of carbonyl (C=O) groups excluding carboxylic acids is 2. The Labute approximate surface area is 436 Å². The van der Waals surface area contributed by atoms with E-state index < -0.39 is 27.8 Å². The van der Waals surface area contributed by atoms with E-state index in [-0.39, 0.29) is 60.4 Å². The zero-order valence-corrected chi connectivity index (χ0v) is 48.0. The number of fused-ring (bicyclic) bond motifs is 1. The molecule has 16 heteroatoms. The number of rotatable bonds is 8. The summed E-state index contributed by atoms with van der Waals surface area (Å²) in [6.45, 7) is 41.9. The molecule has 2 amide bonds. The first-order valence-corrected chi connectivity index (χ1v) is 28.0. The van der Waals surface area contributed by atoms with E-state index in [1.54, 1.807) is 25.9 Å². The Morgan fingerprint density at radius 1 is 0.708 bits per heavy atom. The number of halogens is 4. The van der Waals surface area contributed by atoms with Crippen molar-refractivity contribution in [3.63, 3.8) is 0 Å². The van der Waals surface area contributed by atoms with Crippen LogP contribution in [0.5, 0.6) is 5.88 Å². The van der Waals surface area contributed by atoms with Crippen LogP contribution in [0.25, 0.3) is 0 Å². The van der Waals surface area contributed by atoms with Gasteiger partial charge in [-0.2, -0.15) is 5.10 Å². The van der Waals surface area contributed by atoms with E-state index in [4.69, 9.17) is 4.74 Å². The highest BCUT2D eigenvalue weighted by Gasteiger charge is 2.45. The summed E-state index contributed by atoms with van der Waals surface area (Å²) >= 11 is 0. The maximum absolute atomic E-state index is 13.5. The molecule has 5 fully saturated rings. The quantitative estimate of drug-likeness (QED) is 0.239. The number of aryl methyl sites for hydroxylation is 1. The van der Waals surface area contributed by atoms with Gasteiger partial charge in [0.2, 0.25) is 27.7 Å². The van der Waals surface area contributed by atoms with Crippen LogP contribution in [0.4, 0.5) is 17.6 Å². The first kappa shape index (κ1) is 65.2. The normalized spacial score (nSPS) is 23.4. The minimum absolute atomic E-state index is 0. The largest absolute Gasteiger partial charge is 0.478 e. The predicted molar refractivity (Wildman–Crippen MR) is 287 cm³/mol. The number of allylic oxidation sites excluding steroid dienone is 1. The number of likely N-dealkylation sites (tertiary alicyclic amines) is 3. The fourth-order valence-electron chi connectivity index (χ4n) is 9.29. The van der Waals surface area contributed by atoms with Crippen LogP contribution in [0.2, 0.25) is 0 Å². The molecule has 1 aromatic heterocycles. The lowest BCUT2D eigenvalue weighted by atomic mass is 9.81. The molecule has 72 heavy (non-hydrogen) atoms. The third kappa shape index (κ3) is 25.1. The van der Waals surface area contributed by atoms with Gasteiger partial charge in [0.1, 0.15) is 11.8 Å². The fraction of sp³-hybridized carbons (Fsp3) is 0.875. The summed E-state index contributed by atoms with van der Waals surface area (Å²) in [6.07, 6.45) is 9.17. The maximum Gasteiger partial charge on any atom is 0.282 e. The van der Waals surface area contributed by atoms with Gasteiger partial charge in [0.25, 0.3) is 5.92 Å². The second kappa shape index (κ2) is 25.8. The molecule has 6 aliphatic rings. The summed E-state index contributed by atoms with van der Waals surface area (Å²) in [6, 6.07) is 2.07. The molecule has 3 atom stereocenters. The van der Waals surface area contributed by atoms with Gasteiger partial charge >= 0.3 is 0 Å². The lowest BCUT2D eigenvalue weighted by Gasteiger charge is -2.42. The standard InChI is InChI=1S/C13H25NO2S.C11H20FNO.C11H18N2O.C10H17F2N.C10H18FNO.CH4/c1-13(2,3)9-11-5-4-8-14(10-11)17(15,16)12-6-7-12;1-10(2,3)7-9(14)13-6-5-11(4,12)8-13;1-11(2,3)8-9-7-10-13(12-9)5-4-6-14-10;1-8(5-9(2,3)4)13-6-10(11,12)7-13;1-10(2,3)6-9(13)12-5-4-8(11)7-12;/h11-12H,4-10H2,1-3H3;5-8H2,1-4H3;7H,4-6,8H2,1-3H3;1,5-7H2,2-4H3;8H,4-7H2,1-3H3;1H4. The summed E-state index contributed by atoms with van der Waals surface area (Å²) in [7, 11) is -2.94. The highest BCUT2D eigenvalue weighted by molar-refractivity contribution is 7.90. The zero-order chi connectivity index (χ0) is 54.2. The maximum atomic E-state index is 13.5. The molecule has 6 heterocycles. The van der Waals surface area contributed by atoms with Gasteiger partial charge in [-0.1, -0.05) is 118 Å². The number of ether oxygens (including phenoxy) is 1. The Bertz CT molecular complexity index is 1950. The lowest BCUT2D eigenvalue weighted by Crippen LogP contribution is -2.55. The molecule has 0 aromatic carbocycles. The lowest BCUT2D eigenvalue weighted by molar-refractivity contribution is -0.133. The molecular formula is C56H102F4N6O5S. The highest BCUT2D eigenvalue weighted by Crippen LogP contribution is 2.37. The van der Waals surface area contributed by atoms with E-state index in [1.807, 2.05) is 46.2 Å². The number of carbonyl (C=O) groups is 2. The molecule has 0 spiro atoms. The van der Waals surface area contributed by atoms with Crippen molar-refractivity contribution in [1.29, 1.82) is 0 Å². The van der Waals surface area contributed by atoms with E-state index in [0.29, 0.717) is 62.1 Å². The van der Waals surface area contributed by atoms with Gasteiger partial charge in [0.15, 0.2) is 0 Å². The number of piperidine rings is 1. The molecule has 7 rings (SSSR count). The molecule has 4 saturated heterocycles. The Morgan fingerprint density at radius 2 is 1.26 bits per heavy atom. The van der Waals surface area contributed by atoms with Crippen molar-refractivity contribution in [3.8, 4) is 5.88 Å². The Hall–Kier alpha value is -2.88. The third-order valence-electron chi connectivity index (χ3n) is 12.6. The van der Waals surface area contributed by atoms with E-state index in [2.05, 4.69) is 80.1 Å². The van der Waals surface area contributed by atoms with Crippen molar-refractivity contribution in [1.82, 2.24) is 28.8 Å². The van der Waals surface area contributed by atoms with Crippen molar-refractivity contribution in [2.75, 3.05) is 59.0 Å². The van der Waals surface area contributed by atoms with Crippen LogP contribution in [-0.4, -0.2) is 131 Å². The number of hydrogen-bond donors (Lipinski definition) is 0. The van der Waals surface area contributed by atoms with Gasteiger partial charge in [-0.15, -0.1) is 0 Å². The van der Waals surface area contributed by atoms with Crippen molar-refractivity contribution >= 4 is 21.8 Å². The number of aromatic nitrogens is 2. The average molecular weight is 1050 g/mol. The predicted octanol–water partition coefficient (Wildman–Crippen LogP) is 12.8. The monoisotopic (exact) mass is 1050 g/mol. The highest BCUT2D eigenvalue weighted by atomic mass is 32.2. The van der Waals surface area contributed by atoms with E-state index >= 15 is 0 Å². The first-order chi connectivity index (χ1) is 32.1. The van der Waals surface area contributed by atoms with Gasteiger partial charge in [0, 0.05) is 70.2 Å². The molecule has 420 valence electrons. The van der Waals surface area contributed by atoms with E-state index in [9.17, 15) is 35.6 Å². The molecule has 11 nitrogen and oxygen atoms in total. The number of alkyl halides is 4. The van der Waals surface area contributed by atoms with Crippen molar-refractivity contribution < 1.29 is 40.3 Å². The Kier molecular flexibility index (Phi) is 23.4. The molecule has 0 radical (unpaired) electrons. The third-order valence-corrected chi connectivity index (χ3v) is 15.0. The van der Waals surface area contributed by atoms with Gasteiger partial charge in [0.05, 0.1) is 43.7 Å². The van der Waals surface area contributed by atoms with Crippen molar-refractivity contribution in [2.45, 2.75) is 225 Å². The number of hydrogen-bond acceptors (Lipinski definition) is 7. The van der Waals surface area contributed by atoms with Crippen LogP contribution in [0.15, 0.2) is 18.3 Å². The molecule has 0 N–H and O–H groups in total. The minimum atomic E-state index is -2.94. The summed E-state index contributed by atoms with van der Waals surface area (Å²) in [5.74, 6) is -0.819. The summed E-state index contributed by atoms with van der Waals surface area (Å²) < 4.78 is 84.9. The van der Waals surface area contributed by atoms with E-state index in [1.165, 1.54) is 6.42 Å². The molecule has 1 aromatic rings. The van der Waals surface area contributed by atoms with Crippen LogP contribution < -0.4 is 4.74 Å². The Balaban J connectivity index is 0.000000309. The van der Waals surface area contributed by atoms with Crippen LogP contribution in [0.1, 0.15) is 195 Å². The minimum Gasteiger partial charge on any atom is -0.478 e. The van der Waals surface area contributed by atoms with Crippen molar-refractivity contribution in [2.24, 2.45) is 33.0 Å². The number of nitrogens with zero attached hydrogens (tertiary/aromatic N) is 6. The number of sulfonamides is 1. The zero-order valence-electron chi connectivity index (χ0n) is 47.2. The number of amides is 2. The first-order valence-electron chi connectivity index (χ1n) is 26.5. The molecule has 1 saturated carbocycles. The fourth-order valence-corrected chi connectivity index (χ4v) is 11.2. The van der Waals surface area contributed by atoms with Crippen LogP contribution >= 0.6 is 0 Å². The van der Waals surface area contributed by atoms with Crippen LogP contribution in [0.3, 0.4) is 0 Å². The second-order valence-electron chi connectivity index (χ2n) is 27.7. The van der Waals surface area contributed by atoms with Crippen LogP contribution in [0, 0.1) is 33.0 Å². The van der Waals surface area contributed by atoms with E-state index in [0.717, 1.165) is 88.5 Å². The molecular weight excluding hydrogens is 945 g/mol. The summed E-state index contributed by atoms with van der Waals surface area (Å²) in [5.41, 5.74) is 1.53. The van der Waals surface area contributed by atoms with Crippen molar-refractivity contribution in [3.05, 3.63) is 24.0 Å². The Morgan fingerprint density at radius 3 is 1.69 bits per heavy atom. The van der Waals surface area contributed by atoms with Gasteiger partial charge < -0.3 is 19.4 Å². The SMILES string of the molecule is C.C=C(CC(C)(C)C)N1CC(F)(F)C1.CC(C)(C)CC(=O)N1CCC(C)(F)C1.CC(C)(C)CC(=O)N1CCC(F)C1.CC(C)(C)CC1CCCN(S(=O)(=O)C2CC2)C1.CC(C)(C)Cc1cc2n(n1)CCCO2. The molecule has 0 bridgehead atoms. The van der Waals surface area contributed by atoms with Crippen LogP contribution in [-0.2, 0) is 32.6 Å². The summed E-state index contributed by atoms with van der Waals surface area (Å²) in [4.78, 5) is 28.2. The average Bonchev–Trinajstić information content (AvgIpc) is 3.67. The topological polar surface area (TPSA) is 108 Å². The molecule has 5 aliphatic heterocycles. The molecule has 3 unspecified atom stereocenters. The second-order valence-corrected chi connectivity index (χ2v) is 29.9. The smallest absolute Gasteiger partial charge is 0.282 e. The molecule has 1 aliphatic carbocycles. The van der Waals surface area contributed by atoms with Gasteiger partial charge in [-0.05, 0) is 91.3 Å². The summed E-state index contributed by atoms with van der Waals surface area (Å²) in [5, 5.41) is 4.48. The van der Waals surface area contributed by atoms with Gasteiger partial charge in [-0.3, -0.25) is 9.59 Å².